The zero-order valence-corrected chi connectivity index (χ0v) is 36.4. The summed E-state index contributed by atoms with van der Waals surface area (Å²) in [5, 5.41) is 1.72. The summed E-state index contributed by atoms with van der Waals surface area (Å²) >= 11 is 0. The summed E-state index contributed by atoms with van der Waals surface area (Å²) in [7, 11) is -4.34. The maximum atomic E-state index is 15.1. The second-order valence-electron chi connectivity index (χ2n) is 18.8. The molecule has 2 amide bonds. The van der Waals surface area contributed by atoms with Gasteiger partial charge in [0.25, 0.3) is 0 Å². The summed E-state index contributed by atoms with van der Waals surface area (Å²) in [6.07, 6.45) is 7.82. The Morgan fingerprint density at radius 1 is 1.08 bits per heavy atom. The van der Waals surface area contributed by atoms with E-state index in [0.29, 0.717) is 38.4 Å². The number of morpholine rings is 1. The fraction of sp³-hybridized carbons (Fsp3) is 0.667. The molecule has 2 aromatic rings. The van der Waals surface area contributed by atoms with Crippen LogP contribution in [0.2, 0.25) is 0 Å². The summed E-state index contributed by atoms with van der Waals surface area (Å²) in [5.41, 5.74) is -1.21. The number of pyridine rings is 1. The van der Waals surface area contributed by atoms with Crippen molar-refractivity contribution in [2.24, 2.45) is 29.1 Å². The van der Waals surface area contributed by atoms with E-state index in [4.69, 9.17) is 19.2 Å². The lowest BCUT2D eigenvalue weighted by Crippen LogP contribution is -2.48. The summed E-state index contributed by atoms with van der Waals surface area (Å²) in [4.78, 5) is 66.1. The third-order valence-electron chi connectivity index (χ3n) is 13.3. The standard InChI is InChI=1S/C45H61FN4O9S/c1-6-30-21-29(2)11-7-8-12-31-24-45(31,42(54)48-60(55,56)44(28-46)15-16-44)25-38(51)36-22-32(27-50(36)41(53)35(30)23-39(52)59-43(3,4)5)58-40-34-14-10-9-13-33(34)37(26-47-40)49-17-19-57-20-18-49/h8-10,12-14,26,29-32,35-36H,6-7,11,15-25,27-28H2,1-5H3,(H,48,54)/b12-8-/t29-,30+,31+,32+,35-,36-,45+/m0/s1. The predicted octanol–water partition coefficient (Wildman–Crippen LogP) is 6.08. The molecule has 13 nitrogen and oxygen atoms in total. The lowest BCUT2D eigenvalue weighted by molar-refractivity contribution is -0.160. The third-order valence-corrected chi connectivity index (χ3v) is 15.4. The predicted molar refractivity (Wildman–Crippen MR) is 224 cm³/mol. The maximum absolute atomic E-state index is 15.1. The Bertz CT molecular complexity index is 2100. The molecule has 0 spiro atoms. The molecule has 4 fully saturated rings. The molecule has 5 aliphatic rings. The number of fused-ring (bicyclic) bond motifs is 3. The fourth-order valence-electron chi connectivity index (χ4n) is 9.52. The van der Waals surface area contributed by atoms with Crippen LogP contribution in [0.1, 0.15) is 98.8 Å². The van der Waals surface area contributed by atoms with Crippen molar-refractivity contribution in [1.82, 2.24) is 14.6 Å². The van der Waals surface area contributed by atoms with E-state index in [1.807, 2.05) is 43.3 Å². The quantitative estimate of drug-likeness (QED) is 0.218. The number of carbonyl (C=O) groups excluding carboxylic acids is 4. The van der Waals surface area contributed by atoms with Gasteiger partial charge in [-0.1, -0.05) is 50.6 Å². The molecule has 0 bridgehead atoms. The van der Waals surface area contributed by atoms with Crippen LogP contribution in [0.3, 0.4) is 0 Å². The van der Waals surface area contributed by atoms with E-state index in [-0.39, 0.29) is 62.8 Å². The van der Waals surface area contributed by atoms with E-state index in [2.05, 4.69) is 16.5 Å². The van der Waals surface area contributed by atoms with Gasteiger partial charge in [-0.3, -0.25) is 23.9 Å². The number of ketones is 1. The number of rotatable bonds is 10. The van der Waals surface area contributed by atoms with Gasteiger partial charge >= 0.3 is 5.97 Å². The number of esters is 1. The Morgan fingerprint density at radius 3 is 2.47 bits per heavy atom. The highest BCUT2D eigenvalue weighted by Crippen LogP contribution is 2.58. The first kappa shape index (κ1) is 44.0. The van der Waals surface area contributed by atoms with Crippen molar-refractivity contribution < 1.29 is 46.2 Å². The number of aromatic nitrogens is 1. The Kier molecular flexibility index (Phi) is 12.7. The number of hydrogen-bond donors (Lipinski definition) is 1. The first-order valence-electron chi connectivity index (χ1n) is 21.7. The Morgan fingerprint density at radius 2 is 1.80 bits per heavy atom. The minimum atomic E-state index is -4.34. The molecule has 3 aliphatic heterocycles. The minimum absolute atomic E-state index is 0.0309. The molecule has 1 aromatic heterocycles. The number of anilines is 1. The number of Topliss-reactive ketones (excluding diaryl/α,β-unsaturated/α-hetero) is 1. The molecule has 328 valence electrons. The van der Waals surface area contributed by atoms with Crippen molar-refractivity contribution >= 4 is 50.1 Å². The normalized spacial score (nSPS) is 30.4. The van der Waals surface area contributed by atoms with Crippen LogP contribution < -0.4 is 14.4 Å². The summed E-state index contributed by atoms with van der Waals surface area (Å²) in [5.74, 6) is -2.95. The van der Waals surface area contributed by atoms with Crippen LogP contribution in [0.15, 0.2) is 42.6 Å². The van der Waals surface area contributed by atoms with Gasteiger partial charge in [-0.25, -0.2) is 17.8 Å². The van der Waals surface area contributed by atoms with Crippen LogP contribution in [0.25, 0.3) is 10.8 Å². The summed E-state index contributed by atoms with van der Waals surface area (Å²) < 4.78 is 59.1. The maximum Gasteiger partial charge on any atom is 0.307 e. The van der Waals surface area contributed by atoms with Crippen LogP contribution in [0.5, 0.6) is 5.88 Å². The van der Waals surface area contributed by atoms with E-state index >= 15 is 4.79 Å². The van der Waals surface area contributed by atoms with Gasteiger partial charge in [-0.05, 0) is 83.1 Å². The van der Waals surface area contributed by atoms with Crippen molar-refractivity contribution in [1.29, 1.82) is 0 Å². The first-order chi connectivity index (χ1) is 28.5. The van der Waals surface area contributed by atoms with Gasteiger partial charge < -0.3 is 24.0 Å². The van der Waals surface area contributed by atoms with Gasteiger partial charge in [0, 0.05) is 36.7 Å². The van der Waals surface area contributed by atoms with Crippen LogP contribution in [0, 0.1) is 29.1 Å². The number of nitrogens with zero attached hydrogens (tertiary/aromatic N) is 3. The van der Waals surface area contributed by atoms with E-state index in [0.717, 1.165) is 36.0 Å². The number of nitrogens with one attached hydrogen (secondary N) is 1. The number of halogens is 1. The Hall–Kier alpha value is -4.11. The molecule has 60 heavy (non-hydrogen) atoms. The van der Waals surface area contributed by atoms with E-state index in [1.54, 1.807) is 27.0 Å². The molecule has 2 saturated carbocycles. The molecule has 0 unspecified atom stereocenters. The lowest BCUT2D eigenvalue weighted by atomic mass is 9.79. The second-order valence-corrected chi connectivity index (χ2v) is 20.9. The molecular formula is C45H61FN4O9S. The number of ether oxygens (including phenoxy) is 3. The van der Waals surface area contributed by atoms with Crippen LogP contribution in [-0.2, 0) is 38.7 Å². The second kappa shape index (κ2) is 17.3. The van der Waals surface area contributed by atoms with Gasteiger partial charge in [0.1, 0.15) is 23.1 Å². The highest BCUT2D eigenvalue weighted by molar-refractivity contribution is 7.91. The van der Waals surface area contributed by atoms with Crippen LogP contribution >= 0.6 is 0 Å². The van der Waals surface area contributed by atoms with Gasteiger partial charge in [0.15, 0.2) is 5.78 Å². The number of alkyl halides is 1. The van der Waals surface area contributed by atoms with Crippen LogP contribution in [0.4, 0.5) is 10.1 Å². The van der Waals surface area contributed by atoms with Crippen molar-refractivity contribution in [3.63, 3.8) is 0 Å². The van der Waals surface area contributed by atoms with Gasteiger partial charge in [0.2, 0.25) is 27.7 Å². The Labute approximate surface area is 353 Å². The molecule has 0 radical (unpaired) electrons. The number of allylic oxidation sites excluding steroid dienone is 2. The fourth-order valence-corrected chi connectivity index (χ4v) is 11.0. The Balaban J connectivity index is 1.23. The average Bonchev–Trinajstić information content (AvgIpc) is 4.12. The molecule has 7 rings (SSSR count). The molecule has 7 atom stereocenters. The number of amides is 2. The van der Waals surface area contributed by atoms with Crippen LogP contribution in [-0.4, -0.2) is 104 Å². The summed E-state index contributed by atoms with van der Waals surface area (Å²) in [6, 6.07) is 6.77. The monoisotopic (exact) mass is 852 g/mol. The highest BCUT2D eigenvalue weighted by Gasteiger charge is 2.63. The first-order valence-corrected chi connectivity index (χ1v) is 23.2. The van der Waals surface area contributed by atoms with Gasteiger partial charge in [-0.2, -0.15) is 0 Å². The van der Waals surface area contributed by atoms with Gasteiger partial charge in [-0.15, -0.1) is 0 Å². The smallest absolute Gasteiger partial charge is 0.307 e. The number of benzene rings is 1. The molecular weight excluding hydrogens is 792 g/mol. The van der Waals surface area contributed by atoms with Gasteiger partial charge in [0.05, 0.1) is 55.4 Å². The molecule has 4 heterocycles. The third kappa shape index (κ3) is 9.22. The van der Waals surface area contributed by atoms with E-state index < -0.39 is 74.1 Å². The van der Waals surface area contributed by atoms with Crippen molar-refractivity contribution in [2.45, 2.75) is 121 Å². The molecule has 2 saturated heterocycles. The average molecular weight is 853 g/mol. The summed E-state index contributed by atoms with van der Waals surface area (Å²) in [6.45, 7) is 11.0. The van der Waals surface area contributed by atoms with Crippen molar-refractivity contribution in [3.8, 4) is 5.88 Å². The van der Waals surface area contributed by atoms with Crippen molar-refractivity contribution in [2.75, 3.05) is 44.4 Å². The zero-order valence-electron chi connectivity index (χ0n) is 35.6. The molecule has 2 aliphatic carbocycles. The minimum Gasteiger partial charge on any atom is -0.472 e. The van der Waals surface area contributed by atoms with Crippen molar-refractivity contribution in [3.05, 3.63) is 42.6 Å². The zero-order chi connectivity index (χ0) is 43.0. The topological polar surface area (TPSA) is 162 Å². The van der Waals surface area contributed by atoms with E-state index in [1.165, 1.54) is 4.90 Å². The lowest BCUT2D eigenvalue weighted by Gasteiger charge is -2.33. The largest absolute Gasteiger partial charge is 0.472 e. The number of hydrogen-bond acceptors (Lipinski definition) is 11. The SMILES string of the molecule is CC[C@@H]1C[C@@H](C)CC/C=C\[C@@H]2C[C@@]2(C(=O)NS(=O)(=O)C2(CF)CC2)CC(=O)[C@@H]2C[C@@H](Oc3ncc(N4CCOCC4)c4ccccc34)CN2C(=O)[C@H]1CC(=O)OC(C)(C)C. The number of carbonyl (C=O) groups is 4. The van der Waals surface area contributed by atoms with E-state index in [9.17, 15) is 27.2 Å². The number of sulfonamides is 1. The molecule has 15 heteroatoms. The highest BCUT2D eigenvalue weighted by atomic mass is 32.2. The molecule has 1 aromatic carbocycles. The molecule has 1 N–H and O–H groups in total.